The van der Waals surface area contributed by atoms with E-state index in [2.05, 4.69) is 92.5 Å². The predicted molar refractivity (Wildman–Crippen MR) is 315 cm³/mol. The van der Waals surface area contributed by atoms with Crippen molar-refractivity contribution >= 4 is 117 Å². The molecular formula is C54H68BrF4N10O2PS3. The number of benzene rings is 4. The van der Waals surface area contributed by atoms with Crippen molar-refractivity contribution in [3.8, 4) is 0 Å². The number of thioether (sulfide) groups is 1. The zero-order valence-electron chi connectivity index (χ0n) is 42.4. The van der Waals surface area contributed by atoms with Gasteiger partial charge in [-0.3, -0.25) is 9.59 Å². The number of amidine groups is 1. The van der Waals surface area contributed by atoms with E-state index >= 15 is 0 Å². The Morgan fingerprint density at radius 1 is 0.707 bits per heavy atom. The van der Waals surface area contributed by atoms with Gasteiger partial charge in [0.25, 0.3) is 0 Å². The number of carbonyl (C=O) groups excluding carboxylic acids is 2. The van der Waals surface area contributed by atoms with Gasteiger partial charge in [-0.05, 0) is 168 Å². The molecular weight excluding hydrogens is 1100 g/mol. The van der Waals surface area contributed by atoms with E-state index in [9.17, 15) is 27.2 Å². The van der Waals surface area contributed by atoms with Crippen LogP contribution in [0.4, 0.5) is 51.3 Å². The van der Waals surface area contributed by atoms with Crippen LogP contribution in [0, 0.1) is 23.3 Å². The third-order valence-corrected chi connectivity index (χ3v) is 15.9. The van der Waals surface area contributed by atoms with E-state index in [1.165, 1.54) is 114 Å². The van der Waals surface area contributed by atoms with Crippen LogP contribution in [-0.2, 0) is 0 Å². The Bertz CT molecular complexity index is 2640. The summed E-state index contributed by atoms with van der Waals surface area (Å²) in [6.07, 6.45) is 13.1. The number of aromatic nitrogens is 1. The van der Waals surface area contributed by atoms with E-state index < -0.39 is 29.1 Å². The lowest BCUT2D eigenvalue weighted by Gasteiger charge is -2.41. The molecule has 4 saturated heterocycles. The summed E-state index contributed by atoms with van der Waals surface area (Å²) in [5.41, 5.74) is 15.9. The summed E-state index contributed by atoms with van der Waals surface area (Å²) in [4.78, 5) is 42.5. The molecule has 0 spiro atoms. The van der Waals surface area contributed by atoms with Crippen molar-refractivity contribution in [1.29, 1.82) is 0 Å². The van der Waals surface area contributed by atoms with E-state index in [0.717, 1.165) is 97.1 Å². The lowest BCUT2D eigenvalue weighted by atomic mass is 9.99. The van der Waals surface area contributed by atoms with Gasteiger partial charge < -0.3 is 41.7 Å². The van der Waals surface area contributed by atoms with E-state index in [0.29, 0.717) is 21.5 Å². The van der Waals surface area contributed by atoms with Crippen LogP contribution in [-0.4, -0.2) is 112 Å². The lowest BCUT2D eigenvalue weighted by Crippen LogP contribution is -2.46. The zero-order valence-corrected chi connectivity index (χ0v) is 47.8. The molecule has 1 atom stereocenters. The molecule has 75 heavy (non-hydrogen) atoms. The maximum Gasteiger partial charge on any atom is 0.207 e. The summed E-state index contributed by atoms with van der Waals surface area (Å²) in [5.74, 6) is -3.08. The number of likely N-dealkylation sites (tertiary alicyclic amines) is 2. The monoisotopic (exact) mass is 1170 g/mol. The van der Waals surface area contributed by atoms with Crippen LogP contribution in [0.3, 0.4) is 0 Å². The number of piperidine rings is 4. The molecule has 0 bridgehead atoms. The number of aliphatic imine (C=N–C) groups is 1. The van der Waals surface area contributed by atoms with Crippen molar-refractivity contribution < 1.29 is 27.2 Å². The van der Waals surface area contributed by atoms with Crippen LogP contribution >= 0.6 is 61.1 Å². The molecule has 1 aromatic heterocycles. The second kappa shape index (κ2) is 29.7. The van der Waals surface area contributed by atoms with Gasteiger partial charge >= 0.3 is 0 Å². The Balaban J connectivity index is 0.000000202. The molecule has 4 fully saturated rings. The number of alkyl halides is 1. The molecule has 21 heteroatoms. The summed E-state index contributed by atoms with van der Waals surface area (Å²) in [6.45, 7) is 11.5. The first kappa shape index (κ1) is 59.6. The van der Waals surface area contributed by atoms with Crippen molar-refractivity contribution in [1.82, 2.24) is 14.8 Å². The molecule has 0 radical (unpaired) electrons. The fourth-order valence-electron chi connectivity index (χ4n) is 9.77. The number of thiocarbonyl (C=S) groups is 1. The van der Waals surface area contributed by atoms with Gasteiger partial charge in [0, 0.05) is 84.3 Å². The van der Waals surface area contributed by atoms with Gasteiger partial charge in [0.1, 0.15) is 34.0 Å². The molecule has 1 unspecified atom stereocenters. The largest absolute Gasteiger partial charge is 0.382 e. The fraction of sp³-hybridized carbons (Fsp3) is 0.426. The first-order chi connectivity index (χ1) is 35.7. The third kappa shape index (κ3) is 17.9. The Labute approximate surface area is 463 Å². The zero-order chi connectivity index (χ0) is 52.6. The predicted octanol–water partition coefficient (Wildman–Crippen LogP) is 11.9. The molecule has 4 aliphatic rings. The number of hydrogen-bond acceptors (Lipinski definition) is 12. The number of nitrogens with zero attached hydrogens (tertiary/aromatic N) is 6. The number of halogens is 5. The summed E-state index contributed by atoms with van der Waals surface area (Å²) in [7, 11) is 0. The Morgan fingerprint density at radius 2 is 1.15 bits per heavy atom. The highest BCUT2D eigenvalue weighted by Crippen LogP contribution is 2.32. The molecule has 9 rings (SSSR count). The number of nitrogen functional groups attached to an aromatic ring is 1. The average molecular weight is 1170 g/mol. The van der Waals surface area contributed by atoms with Crippen LogP contribution in [0.1, 0.15) is 96.7 Å². The van der Waals surface area contributed by atoms with Crippen molar-refractivity contribution in [3.05, 3.63) is 124 Å². The number of rotatable bonds is 12. The number of Topliss-reactive ketones (excluding diaryl/α,β-unsaturated/α-hetero) is 1. The highest BCUT2D eigenvalue weighted by atomic mass is 79.9. The highest BCUT2D eigenvalue weighted by molar-refractivity contribution is 9.09. The number of hydrogen-bond donors (Lipinski definition) is 4. The first-order valence-electron chi connectivity index (χ1n) is 25.3. The maximum atomic E-state index is 13.5. The van der Waals surface area contributed by atoms with Crippen molar-refractivity contribution in [3.63, 3.8) is 0 Å². The average Bonchev–Trinajstić information content (AvgIpc) is 3.78. The van der Waals surface area contributed by atoms with Gasteiger partial charge in [0.05, 0.1) is 5.33 Å². The number of anilines is 6. The number of carbonyl (C=O) groups is 2. The van der Waals surface area contributed by atoms with Gasteiger partial charge in [-0.25, -0.2) is 22.5 Å². The lowest BCUT2D eigenvalue weighted by molar-refractivity contribution is 0.102. The smallest absolute Gasteiger partial charge is 0.207 e. The first-order valence-corrected chi connectivity index (χ1v) is 28.6. The quantitative estimate of drug-likeness (QED) is 0.0179. The molecule has 5 aromatic rings. The van der Waals surface area contributed by atoms with Crippen LogP contribution in [0.15, 0.2) is 89.9 Å². The number of ketones is 2. The summed E-state index contributed by atoms with van der Waals surface area (Å²) >= 11 is 10.7. The normalized spacial score (nSPS) is 16.9. The second-order valence-corrected chi connectivity index (χ2v) is 21.8. The number of thiazole rings is 1. The molecule has 0 saturated carbocycles. The van der Waals surface area contributed by atoms with Crippen molar-refractivity contribution in [2.24, 2.45) is 10.7 Å². The van der Waals surface area contributed by atoms with Gasteiger partial charge in [-0.2, -0.15) is 14.9 Å². The molecule has 0 amide bonds. The molecule has 404 valence electrons. The minimum Gasteiger partial charge on any atom is -0.382 e. The van der Waals surface area contributed by atoms with Crippen molar-refractivity contribution in [2.45, 2.75) is 83.2 Å². The number of nitrogens with two attached hydrogens (primary N) is 2. The van der Waals surface area contributed by atoms with E-state index in [-0.39, 0.29) is 42.8 Å². The SMILES string of the molecule is CCSC(N)=NC(=S)Nc1ccc(N2CCC(N3CCCCC3)CC2)cc1.Nc1nc(Nc2ccc(N3CCC(N4CCCCC4)CC3)cc2)sc1C(=O)c1cc(F)cc(F)c1.O=C(CBr)c1cc(F)cc(F)c1.P. The molecule has 6 N–H and O–H groups in total. The van der Waals surface area contributed by atoms with Gasteiger partial charge in [0.2, 0.25) is 5.78 Å². The minimum absolute atomic E-state index is 0. The molecule has 0 aliphatic carbocycles. The van der Waals surface area contributed by atoms with Crippen LogP contribution in [0.2, 0.25) is 0 Å². The van der Waals surface area contributed by atoms with Crippen molar-refractivity contribution in [2.75, 3.05) is 89.6 Å². The van der Waals surface area contributed by atoms with E-state index in [1.807, 2.05) is 19.1 Å². The molecule has 12 nitrogen and oxygen atoms in total. The molecule has 4 aliphatic heterocycles. The van der Waals surface area contributed by atoms with Gasteiger partial charge in [-0.15, -0.1) is 0 Å². The minimum atomic E-state index is -0.814. The molecule has 4 aromatic carbocycles. The summed E-state index contributed by atoms with van der Waals surface area (Å²) < 4.78 is 52.1. The third-order valence-electron chi connectivity index (χ3n) is 13.5. The van der Waals surface area contributed by atoms with Gasteiger partial charge in [0.15, 0.2) is 21.2 Å². The maximum absolute atomic E-state index is 13.5. The fourth-order valence-corrected chi connectivity index (χ4v) is 11.7. The number of nitrogens with one attached hydrogen (secondary N) is 2. The van der Waals surface area contributed by atoms with Crippen LogP contribution in [0.25, 0.3) is 0 Å². The molecule has 5 heterocycles. The van der Waals surface area contributed by atoms with E-state index in [1.54, 1.807) is 0 Å². The highest BCUT2D eigenvalue weighted by Gasteiger charge is 2.27. The Hall–Kier alpha value is -4.69. The summed E-state index contributed by atoms with van der Waals surface area (Å²) in [5, 5.41) is 7.73. The standard InChI is InChI=1S/C26H29F2N5OS.C20H31N5S2.C8H5BrF2O.H3P/c27-18-14-17(15-19(28)16-18)23(34)24-25(29)31-26(35-24)30-20-4-6-21(7-5-20)33-12-8-22(9-13-33)32-10-2-1-3-11-32;1-2-27-19(21)23-20(26)22-16-6-8-17(9-7-16)25-14-10-18(11-15-25)24-12-4-3-5-13-24;9-4-8(12)5-1-6(10)3-7(11)2-5;/h4-7,14-16,22H,1-3,8-13,29H2,(H,30,31);6-9,18H,2-5,10-15H2,1H3,(H3,21,22,23,26);1-3H,4H2;1H3. The Kier molecular flexibility index (Phi) is 23.6. The van der Waals surface area contributed by atoms with E-state index in [4.69, 9.17) is 23.7 Å². The van der Waals surface area contributed by atoms with Crippen LogP contribution < -0.4 is 31.9 Å². The topological polar surface area (TPSA) is 148 Å². The van der Waals surface area contributed by atoms with Gasteiger partial charge in [-0.1, -0.05) is 58.8 Å². The second-order valence-electron chi connectivity index (χ2n) is 18.6. The summed E-state index contributed by atoms with van der Waals surface area (Å²) in [6, 6.07) is 23.5. The van der Waals surface area contributed by atoms with Crippen LogP contribution in [0.5, 0.6) is 0 Å². The Morgan fingerprint density at radius 3 is 1.59 bits per heavy atom.